The number of nitrogens with two attached hydrogens (primary N) is 1. The van der Waals surface area contributed by atoms with Crippen LogP contribution in [-0.4, -0.2) is 36.6 Å². The number of carbonyl (C=O) groups excluding carboxylic acids is 1. The SMILES string of the molecule is CCCOC1CCCN(Cc2cc(C(=O)NN)c(C)o2)C1. The Bertz CT molecular complexity index is 473. The Morgan fingerprint density at radius 1 is 1.62 bits per heavy atom. The van der Waals surface area contributed by atoms with E-state index in [-0.39, 0.29) is 5.91 Å². The maximum Gasteiger partial charge on any atom is 0.268 e. The average Bonchev–Trinajstić information content (AvgIpc) is 2.85. The molecule has 0 bridgehead atoms. The van der Waals surface area contributed by atoms with Gasteiger partial charge in [-0.3, -0.25) is 15.1 Å². The number of piperidine rings is 1. The van der Waals surface area contributed by atoms with E-state index in [0.717, 1.165) is 44.7 Å². The van der Waals surface area contributed by atoms with Crippen molar-refractivity contribution in [3.63, 3.8) is 0 Å². The fraction of sp³-hybridized carbons (Fsp3) is 0.667. The Morgan fingerprint density at radius 3 is 3.14 bits per heavy atom. The fourth-order valence-corrected chi connectivity index (χ4v) is 2.72. The molecule has 0 radical (unpaired) electrons. The maximum absolute atomic E-state index is 11.6. The molecule has 0 spiro atoms. The summed E-state index contributed by atoms with van der Waals surface area (Å²) < 4.78 is 11.5. The number of hydrazine groups is 1. The fourth-order valence-electron chi connectivity index (χ4n) is 2.72. The van der Waals surface area contributed by atoms with Crippen LogP contribution < -0.4 is 11.3 Å². The van der Waals surface area contributed by atoms with Gasteiger partial charge in [0, 0.05) is 13.2 Å². The molecule has 1 aromatic heterocycles. The van der Waals surface area contributed by atoms with Crippen LogP contribution in [0.25, 0.3) is 0 Å². The zero-order valence-electron chi connectivity index (χ0n) is 12.9. The number of hydrogen-bond donors (Lipinski definition) is 2. The zero-order valence-corrected chi connectivity index (χ0v) is 12.9. The molecule has 1 atom stereocenters. The van der Waals surface area contributed by atoms with Crippen molar-refractivity contribution in [1.82, 2.24) is 10.3 Å². The molecule has 0 aliphatic carbocycles. The Labute approximate surface area is 125 Å². The van der Waals surface area contributed by atoms with Crippen LogP contribution >= 0.6 is 0 Å². The highest BCUT2D eigenvalue weighted by Gasteiger charge is 2.22. The van der Waals surface area contributed by atoms with E-state index in [4.69, 9.17) is 15.0 Å². The first-order valence-electron chi connectivity index (χ1n) is 7.58. The van der Waals surface area contributed by atoms with Crippen molar-refractivity contribution in [2.75, 3.05) is 19.7 Å². The molecule has 118 valence electrons. The second kappa shape index (κ2) is 7.59. The first kappa shape index (κ1) is 16.0. The lowest BCUT2D eigenvalue weighted by Crippen LogP contribution is -2.39. The number of ether oxygens (including phenoxy) is 1. The van der Waals surface area contributed by atoms with Gasteiger partial charge < -0.3 is 9.15 Å². The molecule has 1 aliphatic heterocycles. The first-order chi connectivity index (χ1) is 10.1. The Hall–Kier alpha value is -1.37. The van der Waals surface area contributed by atoms with Gasteiger partial charge in [0.15, 0.2) is 0 Å². The highest BCUT2D eigenvalue weighted by atomic mass is 16.5. The molecule has 6 nitrogen and oxygen atoms in total. The van der Waals surface area contributed by atoms with Gasteiger partial charge in [-0.1, -0.05) is 6.92 Å². The Morgan fingerprint density at radius 2 is 2.43 bits per heavy atom. The van der Waals surface area contributed by atoms with Gasteiger partial charge in [0.2, 0.25) is 0 Å². The summed E-state index contributed by atoms with van der Waals surface area (Å²) in [6.07, 6.45) is 3.60. The van der Waals surface area contributed by atoms with Crippen molar-refractivity contribution in [1.29, 1.82) is 0 Å². The zero-order chi connectivity index (χ0) is 15.2. The van der Waals surface area contributed by atoms with E-state index in [2.05, 4.69) is 17.2 Å². The summed E-state index contributed by atoms with van der Waals surface area (Å²) in [4.78, 5) is 13.9. The van der Waals surface area contributed by atoms with Crippen LogP contribution in [-0.2, 0) is 11.3 Å². The smallest absolute Gasteiger partial charge is 0.268 e. The van der Waals surface area contributed by atoms with E-state index in [1.54, 1.807) is 13.0 Å². The number of hydrogen-bond acceptors (Lipinski definition) is 5. The van der Waals surface area contributed by atoms with Gasteiger partial charge in [-0.25, -0.2) is 5.84 Å². The van der Waals surface area contributed by atoms with E-state index in [0.29, 0.717) is 24.0 Å². The van der Waals surface area contributed by atoms with Crippen molar-refractivity contribution < 1.29 is 13.9 Å². The lowest BCUT2D eigenvalue weighted by molar-refractivity contribution is -0.00378. The number of nitrogen functional groups attached to an aromatic ring is 1. The van der Waals surface area contributed by atoms with E-state index in [9.17, 15) is 4.79 Å². The van der Waals surface area contributed by atoms with Gasteiger partial charge in [-0.15, -0.1) is 0 Å². The first-order valence-corrected chi connectivity index (χ1v) is 7.58. The molecule has 1 amide bonds. The number of aryl methyl sites for hydroxylation is 1. The number of nitrogens with one attached hydrogen (secondary N) is 1. The van der Waals surface area contributed by atoms with Crippen LogP contribution in [0.4, 0.5) is 0 Å². The van der Waals surface area contributed by atoms with E-state index in [1.807, 2.05) is 0 Å². The second-order valence-corrected chi connectivity index (χ2v) is 5.53. The van der Waals surface area contributed by atoms with Crippen LogP contribution in [0.15, 0.2) is 10.5 Å². The topological polar surface area (TPSA) is 80.7 Å². The van der Waals surface area contributed by atoms with Crippen LogP contribution in [0.3, 0.4) is 0 Å². The lowest BCUT2D eigenvalue weighted by atomic mass is 10.1. The summed E-state index contributed by atoms with van der Waals surface area (Å²) in [5.74, 6) is 6.24. The van der Waals surface area contributed by atoms with Crippen LogP contribution in [0.1, 0.15) is 48.1 Å². The second-order valence-electron chi connectivity index (χ2n) is 5.53. The summed E-state index contributed by atoms with van der Waals surface area (Å²) in [5.41, 5.74) is 2.64. The minimum Gasteiger partial charge on any atom is -0.464 e. The molecule has 21 heavy (non-hydrogen) atoms. The van der Waals surface area contributed by atoms with Gasteiger partial charge in [-0.2, -0.15) is 0 Å². The molecule has 1 unspecified atom stereocenters. The van der Waals surface area contributed by atoms with Gasteiger partial charge in [0.25, 0.3) is 5.91 Å². The maximum atomic E-state index is 11.6. The third-order valence-electron chi connectivity index (χ3n) is 3.74. The molecular formula is C15H25N3O3. The van der Waals surface area contributed by atoms with Crippen molar-refractivity contribution in [3.05, 3.63) is 23.2 Å². The summed E-state index contributed by atoms with van der Waals surface area (Å²) in [7, 11) is 0. The molecular weight excluding hydrogens is 270 g/mol. The molecule has 0 aromatic carbocycles. The van der Waals surface area contributed by atoms with E-state index < -0.39 is 0 Å². The van der Waals surface area contributed by atoms with Crippen LogP contribution in [0.5, 0.6) is 0 Å². The van der Waals surface area contributed by atoms with Gasteiger partial charge in [0.1, 0.15) is 11.5 Å². The molecule has 2 rings (SSSR count). The van der Waals surface area contributed by atoms with Gasteiger partial charge in [0.05, 0.1) is 18.2 Å². The molecule has 2 heterocycles. The molecule has 1 aromatic rings. The number of rotatable bonds is 6. The Balaban J connectivity index is 1.93. The molecule has 1 fully saturated rings. The predicted octanol–water partition coefficient (Wildman–Crippen LogP) is 1.58. The number of nitrogens with zero attached hydrogens (tertiary/aromatic N) is 1. The predicted molar refractivity (Wildman–Crippen MR) is 79.6 cm³/mol. The van der Waals surface area contributed by atoms with Crippen LogP contribution in [0.2, 0.25) is 0 Å². The summed E-state index contributed by atoms with van der Waals surface area (Å²) in [6, 6.07) is 1.77. The highest BCUT2D eigenvalue weighted by molar-refractivity contribution is 5.94. The standard InChI is InChI=1S/C15H25N3O3/c1-3-7-20-12-5-4-6-18(9-12)10-13-8-14(11(2)21-13)15(19)17-16/h8,12H,3-7,9-10,16H2,1-2H3,(H,17,19). The minimum absolute atomic E-state index is 0.307. The highest BCUT2D eigenvalue weighted by Crippen LogP contribution is 2.20. The van der Waals surface area contributed by atoms with Crippen molar-refractivity contribution in [2.24, 2.45) is 5.84 Å². The summed E-state index contributed by atoms with van der Waals surface area (Å²) in [5, 5.41) is 0. The van der Waals surface area contributed by atoms with Crippen molar-refractivity contribution in [2.45, 2.75) is 45.8 Å². The number of furan rings is 1. The normalized spacial score (nSPS) is 19.7. The van der Waals surface area contributed by atoms with Crippen molar-refractivity contribution >= 4 is 5.91 Å². The van der Waals surface area contributed by atoms with E-state index >= 15 is 0 Å². The summed E-state index contributed by atoms with van der Waals surface area (Å²) >= 11 is 0. The summed E-state index contributed by atoms with van der Waals surface area (Å²) in [6.45, 7) is 7.36. The van der Waals surface area contributed by atoms with Crippen LogP contribution in [0, 0.1) is 6.92 Å². The van der Waals surface area contributed by atoms with E-state index in [1.165, 1.54) is 0 Å². The monoisotopic (exact) mass is 295 g/mol. The van der Waals surface area contributed by atoms with Gasteiger partial charge in [-0.05, 0) is 38.8 Å². The molecule has 3 N–H and O–H groups in total. The third-order valence-corrected chi connectivity index (χ3v) is 3.74. The minimum atomic E-state index is -0.315. The molecule has 1 aliphatic rings. The lowest BCUT2D eigenvalue weighted by Gasteiger charge is -2.31. The molecule has 6 heteroatoms. The quantitative estimate of drug-likeness (QED) is 0.473. The largest absolute Gasteiger partial charge is 0.464 e. The molecule has 0 saturated carbocycles. The molecule has 1 saturated heterocycles. The number of likely N-dealkylation sites (tertiary alicyclic amines) is 1. The van der Waals surface area contributed by atoms with Gasteiger partial charge >= 0.3 is 0 Å². The average molecular weight is 295 g/mol. The third kappa shape index (κ3) is 4.30. The number of carbonyl (C=O) groups is 1. The Kier molecular flexibility index (Phi) is 5.78. The van der Waals surface area contributed by atoms with Crippen molar-refractivity contribution in [3.8, 4) is 0 Å². The number of amides is 1.